The molecule has 0 radical (unpaired) electrons. The fourth-order valence-electron chi connectivity index (χ4n) is 1.57. The third kappa shape index (κ3) is 5.37. The van der Waals surface area contributed by atoms with Crippen molar-refractivity contribution in [3.05, 3.63) is 34.9 Å². The molecule has 0 spiro atoms. The summed E-state index contributed by atoms with van der Waals surface area (Å²) in [6, 6.07) is 2.74. The van der Waals surface area contributed by atoms with Gasteiger partial charge in [0, 0.05) is 5.56 Å². The number of hydrogen-bond acceptors (Lipinski definition) is 4. The molecular weight excluding hydrogens is 304 g/mol. The number of rotatable bonds is 5. The van der Waals surface area contributed by atoms with Gasteiger partial charge in [-0.15, -0.1) is 0 Å². The Hall–Kier alpha value is -2.07. The first kappa shape index (κ1) is 18.0. The highest BCUT2D eigenvalue weighted by Gasteiger charge is 2.31. The number of amides is 2. The van der Waals surface area contributed by atoms with E-state index in [0.717, 1.165) is 6.07 Å². The normalized spacial score (nSPS) is 11.0. The summed E-state index contributed by atoms with van der Waals surface area (Å²) in [6.07, 6.45) is -4.99. The first-order valence-corrected chi connectivity index (χ1v) is 6.20. The second-order valence-electron chi connectivity index (χ2n) is 4.49. The maximum Gasteiger partial charge on any atom is 0.472 e. The maximum absolute atomic E-state index is 12.6. The molecule has 0 saturated heterocycles. The van der Waals surface area contributed by atoms with E-state index in [1.54, 1.807) is 0 Å². The van der Waals surface area contributed by atoms with Crippen LogP contribution >= 0.6 is 0 Å². The molecule has 0 atom stereocenters. The maximum atomic E-state index is 12.6. The van der Waals surface area contributed by atoms with Gasteiger partial charge in [-0.3, -0.25) is 9.59 Å². The van der Waals surface area contributed by atoms with Crippen molar-refractivity contribution in [2.45, 2.75) is 13.1 Å². The third-order valence-electron chi connectivity index (χ3n) is 2.70. The molecule has 0 heterocycles. The van der Waals surface area contributed by atoms with Gasteiger partial charge in [-0.25, -0.2) is 0 Å². The molecule has 1 rings (SSSR count). The van der Waals surface area contributed by atoms with E-state index < -0.39 is 43.7 Å². The summed E-state index contributed by atoms with van der Waals surface area (Å²) in [5.41, 5.74) is -0.822. The van der Waals surface area contributed by atoms with E-state index in [-0.39, 0.29) is 5.56 Å². The van der Waals surface area contributed by atoms with Crippen molar-refractivity contribution in [3.63, 3.8) is 0 Å². The predicted octanol–water partition coefficient (Wildman–Crippen LogP) is -0.128. The number of hydrogen-bond donors (Lipinski definition) is 4. The Morgan fingerprint density at radius 3 is 2.41 bits per heavy atom. The average Bonchev–Trinajstić information content (AvgIpc) is 2.41. The van der Waals surface area contributed by atoms with Crippen molar-refractivity contribution >= 4 is 18.9 Å². The third-order valence-corrected chi connectivity index (χ3v) is 2.70. The lowest BCUT2D eigenvalue weighted by Crippen LogP contribution is -2.41. The van der Waals surface area contributed by atoms with E-state index in [9.17, 15) is 22.8 Å². The molecule has 6 nitrogen and oxygen atoms in total. The van der Waals surface area contributed by atoms with Crippen molar-refractivity contribution in [2.24, 2.45) is 0 Å². The molecule has 120 valence electrons. The van der Waals surface area contributed by atoms with E-state index in [2.05, 4.69) is 10.6 Å². The van der Waals surface area contributed by atoms with Crippen molar-refractivity contribution in [2.75, 3.05) is 13.0 Å². The second-order valence-corrected chi connectivity index (χ2v) is 4.49. The first-order valence-electron chi connectivity index (χ1n) is 6.20. The molecule has 4 N–H and O–H groups in total. The van der Waals surface area contributed by atoms with Gasteiger partial charge in [-0.05, 0) is 24.6 Å². The molecule has 0 unspecified atom stereocenters. The Labute approximate surface area is 124 Å². The van der Waals surface area contributed by atoms with Crippen LogP contribution in [-0.2, 0) is 11.0 Å². The number of benzene rings is 1. The van der Waals surface area contributed by atoms with E-state index in [4.69, 9.17) is 10.0 Å². The van der Waals surface area contributed by atoms with Crippen LogP contribution in [-0.4, -0.2) is 42.0 Å². The highest BCUT2D eigenvalue weighted by molar-refractivity contribution is 6.41. The van der Waals surface area contributed by atoms with Crippen molar-refractivity contribution < 1.29 is 32.8 Å². The van der Waals surface area contributed by atoms with Crippen LogP contribution in [0.1, 0.15) is 21.5 Å². The van der Waals surface area contributed by atoms with Crippen LogP contribution in [0, 0.1) is 6.92 Å². The monoisotopic (exact) mass is 318 g/mol. The highest BCUT2D eigenvalue weighted by atomic mass is 19.4. The van der Waals surface area contributed by atoms with E-state index in [1.165, 1.54) is 13.0 Å². The molecule has 22 heavy (non-hydrogen) atoms. The zero-order valence-corrected chi connectivity index (χ0v) is 11.6. The number of alkyl halides is 3. The molecule has 0 aliphatic rings. The van der Waals surface area contributed by atoms with E-state index >= 15 is 0 Å². The largest absolute Gasteiger partial charge is 0.472 e. The summed E-state index contributed by atoms with van der Waals surface area (Å²) < 4.78 is 37.8. The number of carbonyl (C=O) groups is 2. The molecule has 10 heteroatoms. The molecule has 0 aromatic heterocycles. The van der Waals surface area contributed by atoms with Crippen LogP contribution in [0.15, 0.2) is 18.2 Å². The fourth-order valence-corrected chi connectivity index (χ4v) is 1.57. The lowest BCUT2D eigenvalue weighted by molar-refractivity contribution is -0.137. The minimum absolute atomic E-state index is 0.190. The Balaban J connectivity index is 2.71. The van der Waals surface area contributed by atoms with Gasteiger partial charge in [0.05, 0.1) is 18.6 Å². The fraction of sp³-hybridized carbons (Fsp3) is 0.333. The smallest absolute Gasteiger partial charge is 0.426 e. The molecule has 0 bridgehead atoms. The quantitative estimate of drug-likeness (QED) is 0.569. The van der Waals surface area contributed by atoms with Gasteiger partial charge in [0.2, 0.25) is 5.91 Å². The number of carbonyl (C=O) groups excluding carboxylic acids is 2. The number of nitrogens with one attached hydrogen (secondary N) is 2. The Morgan fingerprint density at radius 2 is 1.86 bits per heavy atom. The standard InChI is InChI=1S/C12H14BF3N2O4/c1-7-2-3-8(12(14,15)16)4-9(7)11(20)17-5-10(19)18-6-13(21)22/h2-4,21-22H,5-6H2,1H3,(H,17,20)(H,18,19). The van der Waals surface area contributed by atoms with Crippen molar-refractivity contribution in [1.29, 1.82) is 0 Å². The topological polar surface area (TPSA) is 98.7 Å². The lowest BCUT2D eigenvalue weighted by Gasteiger charge is -2.12. The van der Waals surface area contributed by atoms with Crippen LogP contribution in [0.2, 0.25) is 0 Å². The summed E-state index contributed by atoms with van der Waals surface area (Å²) >= 11 is 0. The van der Waals surface area contributed by atoms with Crippen molar-refractivity contribution in [3.8, 4) is 0 Å². The van der Waals surface area contributed by atoms with Crippen LogP contribution in [0.25, 0.3) is 0 Å². The molecule has 1 aromatic rings. The molecule has 0 aliphatic heterocycles. The van der Waals surface area contributed by atoms with Gasteiger partial charge >= 0.3 is 13.3 Å². The van der Waals surface area contributed by atoms with Gasteiger partial charge in [0.1, 0.15) is 0 Å². The summed E-state index contributed by atoms with van der Waals surface area (Å²) in [5.74, 6) is -1.53. The zero-order chi connectivity index (χ0) is 16.9. The van der Waals surface area contributed by atoms with Gasteiger partial charge in [0.15, 0.2) is 0 Å². The molecular formula is C12H14BF3N2O4. The summed E-state index contributed by atoms with van der Waals surface area (Å²) in [5, 5.41) is 21.4. The van der Waals surface area contributed by atoms with Crippen LogP contribution in [0.5, 0.6) is 0 Å². The summed E-state index contributed by atoms with van der Waals surface area (Å²) in [7, 11) is -1.73. The van der Waals surface area contributed by atoms with Gasteiger partial charge in [-0.1, -0.05) is 6.07 Å². The van der Waals surface area contributed by atoms with Crippen LogP contribution in [0.4, 0.5) is 13.2 Å². The minimum atomic E-state index is -4.57. The Bertz CT molecular complexity index is 564. The SMILES string of the molecule is Cc1ccc(C(F)(F)F)cc1C(=O)NCC(=O)NCB(O)O. The average molecular weight is 318 g/mol. The molecule has 2 amide bonds. The summed E-state index contributed by atoms with van der Waals surface area (Å²) in [6.45, 7) is 0.971. The minimum Gasteiger partial charge on any atom is -0.426 e. The van der Waals surface area contributed by atoms with Crippen LogP contribution in [0.3, 0.4) is 0 Å². The second kappa shape index (κ2) is 7.27. The summed E-state index contributed by atoms with van der Waals surface area (Å²) in [4.78, 5) is 23.1. The highest BCUT2D eigenvalue weighted by Crippen LogP contribution is 2.30. The molecule has 0 fully saturated rings. The lowest BCUT2D eigenvalue weighted by atomic mass is 9.92. The van der Waals surface area contributed by atoms with Crippen molar-refractivity contribution in [1.82, 2.24) is 10.6 Å². The van der Waals surface area contributed by atoms with Gasteiger partial charge < -0.3 is 20.7 Å². The number of aryl methyl sites for hydroxylation is 1. The van der Waals surface area contributed by atoms with Gasteiger partial charge in [-0.2, -0.15) is 13.2 Å². The Morgan fingerprint density at radius 1 is 1.23 bits per heavy atom. The first-order chi connectivity index (χ1) is 10.1. The zero-order valence-electron chi connectivity index (χ0n) is 11.6. The number of halogens is 3. The predicted molar refractivity (Wildman–Crippen MR) is 71.7 cm³/mol. The van der Waals surface area contributed by atoms with Crippen LogP contribution < -0.4 is 10.6 Å². The molecule has 0 aliphatic carbocycles. The molecule has 0 saturated carbocycles. The Kier molecular flexibility index (Phi) is 5.95. The molecule has 1 aromatic carbocycles. The van der Waals surface area contributed by atoms with E-state index in [1.807, 2.05) is 0 Å². The van der Waals surface area contributed by atoms with E-state index in [0.29, 0.717) is 11.6 Å². The van der Waals surface area contributed by atoms with Gasteiger partial charge in [0.25, 0.3) is 5.91 Å².